The van der Waals surface area contributed by atoms with Crippen LogP contribution < -0.4 is 30.3 Å². The van der Waals surface area contributed by atoms with E-state index in [1.165, 1.54) is 6.21 Å². The zero-order chi connectivity index (χ0) is 35.3. The maximum Gasteiger partial charge on any atom is 0.338 e. The van der Waals surface area contributed by atoms with E-state index in [4.69, 9.17) is 35.9 Å². The van der Waals surface area contributed by atoms with Crippen molar-refractivity contribution < 1.29 is 38.1 Å². The van der Waals surface area contributed by atoms with Gasteiger partial charge in [-0.05, 0) is 104 Å². The predicted molar refractivity (Wildman–Crippen MR) is 196 cm³/mol. The number of allylic oxidation sites excluding steroid dienone is 1. The topological polar surface area (TPSA) is 146 Å². The fraction of sp³-hybridized carbons (Fsp3) is 0.286. The number of carbonyl (C=O) groups excluding carboxylic acids is 3. The molecule has 0 bridgehead atoms. The Kier molecular flexibility index (Phi) is 13.8. The summed E-state index contributed by atoms with van der Waals surface area (Å²) in [6.45, 7) is 7.96. The van der Waals surface area contributed by atoms with Crippen LogP contribution in [-0.2, 0) is 25.7 Å². The Bertz CT molecular complexity index is 1750. The predicted octanol–water partition coefficient (Wildman–Crippen LogP) is 5.33. The minimum atomic E-state index is -0.643. The number of rotatable bonds is 15. The lowest BCUT2D eigenvalue weighted by atomic mass is 9.95. The van der Waals surface area contributed by atoms with Crippen LogP contribution in [0.3, 0.4) is 0 Å². The summed E-state index contributed by atoms with van der Waals surface area (Å²) >= 11 is 7.48. The summed E-state index contributed by atoms with van der Waals surface area (Å²) in [7, 11) is 0. The highest BCUT2D eigenvalue weighted by Crippen LogP contribution is 2.35. The number of nitrogens with one attached hydrogen (secondary N) is 3. The van der Waals surface area contributed by atoms with E-state index >= 15 is 0 Å². The van der Waals surface area contributed by atoms with Crippen LogP contribution in [-0.4, -0.2) is 55.6 Å². The fourth-order valence-corrected chi connectivity index (χ4v) is 5.84. The van der Waals surface area contributed by atoms with Gasteiger partial charge in [0.15, 0.2) is 23.2 Å². The largest absolute Gasteiger partial charge is 0.490 e. The molecule has 3 aromatic rings. The summed E-state index contributed by atoms with van der Waals surface area (Å²) in [5.74, 6) is 0.112. The number of hydrogen-bond donors (Lipinski definition) is 3. The molecule has 0 spiro atoms. The van der Waals surface area contributed by atoms with Gasteiger partial charge in [0.25, 0.3) is 5.91 Å². The Labute approximate surface area is 303 Å². The van der Waals surface area contributed by atoms with E-state index in [0.29, 0.717) is 63.5 Å². The number of amides is 1. The molecular weight excluding hydrogens is 763 g/mol. The average Bonchev–Trinajstić information content (AvgIpc) is 3.07. The molecule has 0 saturated carbocycles. The standard InChI is InChI=1S/C35H37IN4O8S/c1-5-44-28-17-23(16-26(36)32(28)48-19-22-12-14-24(15-13-22)33(42)45-6-2)18-37-40-29(41)20-47-27-11-9-8-10-25(27)31-30(34(43)46-7-3)21(4)38-35(49)39-31/h8-18,31H,5-7,19-20H2,1-4H3,(H,40,41)(H2,38,39,49)/t31-/m1/s1. The van der Waals surface area contributed by atoms with Crippen molar-refractivity contribution in [3.63, 3.8) is 0 Å². The molecule has 258 valence electrons. The second-order valence-electron chi connectivity index (χ2n) is 10.4. The highest BCUT2D eigenvalue weighted by atomic mass is 127. The number of halogens is 1. The monoisotopic (exact) mass is 800 g/mol. The Morgan fingerprint density at radius 2 is 1.63 bits per heavy atom. The minimum Gasteiger partial charge on any atom is -0.490 e. The van der Waals surface area contributed by atoms with Gasteiger partial charge in [0, 0.05) is 11.3 Å². The molecule has 1 heterocycles. The molecular formula is C35H37IN4O8S. The van der Waals surface area contributed by atoms with Crippen molar-refractivity contribution in [2.24, 2.45) is 5.10 Å². The van der Waals surface area contributed by atoms with E-state index in [1.54, 1.807) is 63.2 Å². The third-order valence-electron chi connectivity index (χ3n) is 6.94. The first-order valence-electron chi connectivity index (χ1n) is 15.5. The van der Waals surface area contributed by atoms with Crippen molar-refractivity contribution in [3.8, 4) is 17.2 Å². The molecule has 1 amide bonds. The summed E-state index contributed by atoms with van der Waals surface area (Å²) < 4.78 is 28.9. The van der Waals surface area contributed by atoms with Gasteiger partial charge in [0.1, 0.15) is 12.4 Å². The van der Waals surface area contributed by atoms with E-state index in [-0.39, 0.29) is 25.8 Å². The van der Waals surface area contributed by atoms with E-state index < -0.39 is 17.9 Å². The SMILES string of the molecule is CCOC(=O)C1=C(C)NC(=S)N[C@@H]1c1ccccc1OCC(=O)NN=Cc1cc(I)c(OCc2ccc(C(=O)OCC)cc2)c(OCC)c1. The maximum absolute atomic E-state index is 12.8. The molecule has 3 aromatic carbocycles. The summed E-state index contributed by atoms with van der Waals surface area (Å²) in [5.41, 5.74) is 6.03. The highest BCUT2D eigenvalue weighted by molar-refractivity contribution is 14.1. The Morgan fingerprint density at radius 1 is 0.918 bits per heavy atom. The number of esters is 2. The van der Waals surface area contributed by atoms with Gasteiger partial charge in [0.05, 0.1) is 46.8 Å². The van der Waals surface area contributed by atoms with E-state index in [1.807, 2.05) is 25.1 Å². The van der Waals surface area contributed by atoms with Gasteiger partial charge in [-0.1, -0.05) is 30.3 Å². The zero-order valence-electron chi connectivity index (χ0n) is 27.5. The molecule has 1 atom stereocenters. The molecule has 0 radical (unpaired) electrons. The smallest absolute Gasteiger partial charge is 0.338 e. The first-order chi connectivity index (χ1) is 23.6. The van der Waals surface area contributed by atoms with Crippen LogP contribution in [0, 0.1) is 3.57 Å². The number of ether oxygens (including phenoxy) is 5. The van der Waals surface area contributed by atoms with Crippen LogP contribution in [0.15, 0.2) is 77.0 Å². The zero-order valence-corrected chi connectivity index (χ0v) is 30.4. The quantitative estimate of drug-likeness (QED) is 0.0603. The molecule has 49 heavy (non-hydrogen) atoms. The summed E-state index contributed by atoms with van der Waals surface area (Å²) in [6.07, 6.45) is 1.49. The normalized spacial score (nSPS) is 14.1. The van der Waals surface area contributed by atoms with Gasteiger partial charge in [-0.2, -0.15) is 5.10 Å². The molecule has 0 aliphatic carbocycles. The molecule has 12 nitrogen and oxygen atoms in total. The molecule has 1 aliphatic rings. The van der Waals surface area contributed by atoms with E-state index in [0.717, 1.165) is 9.13 Å². The van der Waals surface area contributed by atoms with Gasteiger partial charge >= 0.3 is 11.9 Å². The lowest BCUT2D eigenvalue weighted by Crippen LogP contribution is -2.45. The first-order valence-corrected chi connectivity index (χ1v) is 17.0. The van der Waals surface area contributed by atoms with Crippen LogP contribution in [0.1, 0.15) is 60.8 Å². The summed E-state index contributed by atoms with van der Waals surface area (Å²) in [6, 6.07) is 17.0. The number of carbonyl (C=O) groups is 3. The van der Waals surface area contributed by atoms with E-state index in [2.05, 4.69) is 43.8 Å². The summed E-state index contributed by atoms with van der Waals surface area (Å²) in [5, 5.41) is 10.5. The molecule has 0 unspecified atom stereocenters. The second kappa shape index (κ2) is 18.2. The van der Waals surface area contributed by atoms with Crippen molar-refractivity contribution in [2.75, 3.05) is 26.4 Å². The highest BCUT2D eigenvalue weighted by Gasteiger charge is 2.32. The van der Waals surface area contributed by atoms with Crippen LogP contribution in [0.5, 0.6) is 17.2 Å². The molecule has 1 aliphatic heterocycles. The van der Waals surface area contributed by atoms with E-state index in [9.17, 15) is 14.4 Å². The number of para-hydroxylation sites is 1. The van der Waals surface area contributed by atoms with Crippen molar-refractivity contribution in [1.82, 2.24) is 16.1 Å². The Hall–Kier alpha value is -4.70. The number of benzene rings is 3. The van der Waals surface area contributed by atoms with Crippen LogP contribution in [0.25, 0.3) is 0 Å². The molecule has 0 saturated heterocycles. The van der Waals surface area contributed by atoms with Gasteiger partial charge in [-0.3, -0.25) is 4.79 Å². The van der Waals surface area contributed by atoms with Crippen LogP contribution >= 0.6 is 34.8 Å². The molecule has 3 N–H and O–H groups in total. The number of hydrogen-bond acceptors (Lipinski definition) is 10. The fourth-order valence-electron chi connectivity index (χ4n) is 4.78. The number of nitrogens with zero attached hydrogens (tertiary/aromatic N) is 1. The number of thiocarbonyl (C=S) groups is 1. The second-order valence-corrected chi connectivity index (χ2v) is 11.9. The van der Waals surface area contributed by atoms with Gasteiger partial charge in [0.2, 0.25) is 0 Å². The molecule has 4 rings (SSSR count). The molecule has 0 aromatic heterocycles. The summed E-state index contributed by atoms with van der Waals surface area (Å²) in [4.78, 5) is 37.4. The van der Waals surface area contributed by atoms with Crippen molar-refractivity contribution in [2.45, 2.75) is 40.3 Å². The number of hydrazone groups is 1. The van der Waals surface area contributed by atoms with Crippen LogP contribution in [0.2, 0.25) is 0 Å². The Balaban J connectivity index is 1.39. The average molecular weight is 801 g/mol. The lowest BCUT2D eigenvalue weighted by molar-refractivity contribution is -0.139. The van der Waals surface area contributed by atoms with Gasteiger partial charge < -0.3 is 34.3 Å². The minimum absolute atomic E-state index is 0.214. The van der Waals surface area contributed by atoms with Crippen LogP contribution in [0.4, 0.5) is 0 Å². The third kappa shape index (κ3) is 10.2. The van der Waals surface area contributed by atoms with Gasteiger partial charge in [-0.25, -0.2) is 15.0 Å². The lowest BCUT2D eigenvalue weighted by Gasteiger charge is -2.30. The van der Waals surface area contributed by atoms with Crippen molar-refractivity contribution in [3.05, 3.63) is 97.8 Å². The van der Waals surface area contributed by atoms with Crippen molar-refractivity contribution in [1.29, 1.82) is 0 Å². The Morgan fingerprint density at radius 3 is 2.35 bits per heavy atom. The molecule has 0 fully saturated rings. The molecule has 14 heteroatoms. The first kappa shape index (κ1) is 37.1. The van der Waals surface area contributed by atoms with Gasteiger partial charge in [-0.15, -0.1) is 0 Å². The third-order valence-corrected chi connectivity index (χ3v) is 7.96. The van der Waals surface area contributed by atoms with Crippen molar-refractivity contribution >= 4 is 64.0 Å². The maximum atomic E-state index is 12.8.